The second kappa shape index (κ2) is 7.32. The molecule has 1 fully saturated rings. The van der Waals surface area contributed by atoms with Gasteiger partial charge in [-0.05, 0) is 38.5 Å². The average molecular weight is 274 g/mol. The molecule has 0 unspecified atom stereocenters. The van der Waals surface area contributed by atoms with Crippen molar-refractivity contribution in [2.24, 2.45) is 0 Å². The highest BCUT2D eigenvalue weighted by atomic mass is 16.2. The van der Waals surface area contributed by atoms with Crippen LogP contribution in [0.25, 0.3) is 0 Å². The van der Waals surface area contributed by atoms with Crippen molar-refractivity contribution in [3.8, 4) is 0 Å². The summed E-state index contributed by atoms with van der Waals surface area (Å²) < 4.78 is 0. The Hall–Kier alpha value is -1.51. The van der Waals surface area contributed by atoms with E-state index < -0.39 is 0 Å². The smallest absolute Gasteiger partial charge is 0.252 e. The molecule has 0 aromatic rings. The molecule has 1 saturated heterocycles. The molecule has 110 valence electrons. The fraction of sp³-hybridized carbons (Fsp3) is 0.588. The van der Waals surface area contributed by atoms with Gasteiger partial charge in [0, 0.05) is 37.4 Å². The minimum absolute atomic E-state index is 0.183. The summed E-state index contributed by atoms with van der Waals surface area (Å²) in [6.45, 7) is 10.9. The summed E-state index contributed by atoms with van der Waals surface area (Å²) in [4.78, 5) is 17.0. The van der Waals surface area contributed by atoms with Crippen LogP contribution in [0.2, 0.25) is 0 Å². The SMILES string of the molecule is C=CCN(CC=C)C(=O)C1=C(N2CCCCC2)CCC1. The van der Waals surface area contributed by atoms with Crippen LogP contribution in [0, 0.1) is 0 Å². The summed E-state index contributed by atoms with van der Waals surface area (Å²) in [5.41, 5.74) is 2.35. The Kier molecular flexibility index (Phi) is 5.45. The van der Waals surface area contributed by atoms with Crippen LogP contribution in [0.1, 0.15) is 38.5 Å². The molecule has 0 saturated carbocycles. The zero-order valence-corrected chi connectivity index (χ0v) is 12.4. The van der Waals surface area contributed by atoms with Gasteiger partial charge >= 0.3 is 0 Å². The summed E-state index contributed by atoms with van der Waals surface area (Å²) in [6.07, 6.45) is 10.5. The van der Waals surface area contributed by atoms with Gasteiger partial charge in [-0.15, -0.1) is 13.2 Å². The topological polar surface area (TPSA) is 23.6 Å². The average Bonchev–Trinajstić information content (AvgIpc) is 2.96. The third kappa shape index (κ3) is 3.33. The normalized spacial score (nSPS) is 19.1. The minimum atomic E-state index is 0.183. The number of nitrogens with zero attached hydrogens (tertiary/aromatic N) is 2. The van der Waals surface area contributed by atoms with E-state index in [0.29, 0.717) is 13.1 Å². The fourth-order valence-corrected chi connectivity index (χ4v) is 3.21. The molecule has 3 heteroatoms. The highest BCUT2D eigenvalue weighted by Gasteiger charge is 2.27. The van der Waals surface area contributed by atoms with Crippen molar-refractivity contribution in [2.75, 3.05) is 26.2 Å². The van der Waals surface area contributed by atoms with Gasteiger partial charge in [0.1, 0.15) is 0 Å². The highest BCUT2D eigenvalue weighted by Crippen LogP contribution is 2.31. The van der Waals surface area contributed by atoms with Crippen LogP contribution < -0.4 is 0 Å². The number of amides is 1. The van der Waals surface area contributed by atoms with Crippen LogP contribution in [0.5, 0.6) is 0 Å². The summed E-state index contributed by atoms with van der Waals surface area (Å²) in [5, 5.41) is 0. The zero-order valence-electron chi connectivity index (χ0n) is 12.4. The van der Waals surface area contributed by atoms with Gasteiger partial charge in [-0.1, -0.05) is 12.2 Å². The molecular formula is C17H26N2O. The van der Waals surface area contributed by atoms with Crippen molar-refractivity contribution in [2.45, 2.75) is 38.5 Å². The quantitative estimate of drug-likeness (QED) is 0.695. The molecule has 0 spiro atoms. The van der Waals surface area contributed by atoms with E-state index in [0.717, 1.165) is 37.9 Å². The number of rotatable bonds is 6. The largest absolute Gasteiger partial charge is 0.374 e. The molecule has 1 aliphatic heterocycles. The van der Waals surface area contributed by atoms with Gasteiger partial charge in [0.15, 0.2) is 0 Å². The Morgan fingerprint density at radius 3 is 2.30 bits per heavy atom. The molecule has 0 aromatic heterocycles. The van der Waals surface area contributed by atoms with E-state index in [1.807, 2.05) is 4.90 Å². The summed E-state index contributed by atoms with van der Waals surface area (Å²) in [7, 11) is 0. The van der Waals surface area contributed by atoms with E-state index in [1.54, 1.807) is 12.2 Å². The predicted molar refractivity (Wildman–Crippen MR) is 83.3 cm³/mol. The number of hydrogen-bond donors (Lipinski definition) is 0. The molecular weight excluding hydrogens is 248 g/mol. The van der Waals surface area contributed by atoms with Crippen molar-refractivity contribution in [3.63, 3.8) is 0 Å². The number of allylic oxidation sites excluding steroid dienone is 1. The number of likely N-dealkylation sites (tertiary alicyclic amines) is 1. The molecule has 0 radical (unpaired) electrons. The Labute approximate surface area is 122 Å². The van der Waals surface area contributed by atoms with Gasteiger partial charge < -0.3 is 9.80 Å². The van der Waals surface area contributed by atoms with Crippen LogP contribution in [0.15, 0.2) is 36.6 Å². The molecule has 20 heavy (non-hydrogen) atoms. The molecule has 1 heterocycles. The minimum Gasteiger partial charge on any atom is -0.374 e. The van der Waals surface area contributed by atoms with E-state index in [9.17, 15) is 4.79 Å². The molecule has 2 rings (SSSR count). The molecule has 0 bridgehead atoms. The van der Waals surface area contributed by atoms with Gasteiger partial charge in [0.25, 0.3) is 5.91 Å². The number of carbonyl (C=O) groups is 1. The lowest BCUT2D eigenvalue weighted by molar-refractivity contribution is -0.126. The lowest BCUT2D eigenvalue weighted by Crippen LogP contribution is -2.35. The van der Waals surface area contributed by atoms with Gasteiger partial charge in [-0.2, -0.15) is 0 Å². The monoisotopic (exact) mass is 274 g/mol. The van der Waals surface area contributed by atoms with E-state index in [2.05, 4.69) is 18.1 Å². The van der Waals surface area contributed by atoms with E-state index >= 15 is 0 Å². The number of carbonyl (C=O) groups excluding carboxylic acids is 1. The zero-order chi connectivity index (χ0) is 14.4. The maximum atomic E-state index is 12.7. The summed E-state index contributed by atoms with van der Waals surface area (Å²) in [5.74, 6) is 0.183. The lowest BCUT2D eigenvalue weighted by atomic mass is 10.1. The first kappa shape index (κ1) is 14.9. The van der Waals surface area contributed by atoms with Gasteiger partial charge in [0.05, 0.1) is 0 Å². The molecule has 3 nitrogen and oxygen atoms in total. The first-order chi connectivity index (χ1) is 9.77. The Bertz CT molecular complexity index is 395. The highest BCUT2D eigenvalue weighted by molar-refractivity contribution is 5.94. The van der Waals surface area contributed by atoms with E-state index in [1.165, 1.54) is 25.0 Å². The van der Waals surface area contributed by atoms with Crippen LogP contribution in [0.4, 0.5) is 0 Å². The Morgan fingerprint density at radius 1 is 1.05 bits per heavy atom. The van der Waals surface area contributed by atoms with Crippen LogP contribution in [-0.4, -0.2) is 41.9 Å². The molecule has 0 N–H and O–H groups in total. The molecule has 1 amide bonds. The molecule has 1 aliphatic carbocycles. The van der Waals surface area contributed by atoms with Gasteiger partial charge in [-0.3, -0.25) is 4.79 Å². The molecule has 0 aromatic carbocycles. The fourth-order valence-electron chi connectivity index (χ4n) is 3.21. The number of piperidine rings is 1. The standard InChI is InChI=1S/C17H26N2O/c1-3-11-19(12-4-2)17(20)15-9-8-10-16(15)18-13-6-5-7-14-18/h3-4H,1-2,5-14H2. The third-order valence-electron chi connectivity index (χ3n) is 4.17. The maximum absolute atomic E-state index is 12.7. The first-order valence-corrected chi connectivity index (χ1v) is 7.76. The van der Waals surface area contributed by atoms with Crippen molar-refractivity contribution in [3.05, 3.63) is 36.6 Å². The van der Waals surface area contributed by atoms with Gasteiger partial charge in [-0.25, -0.2) is 0 Å². The first-order valence-electron chi connectivity index (χ1n) is 7.76. The van der Waals surface area contributed by atoms with Crippen molar-refractivity contribution in [1.82, 2.24) is 9.80 Å². The van der Waals surface area contributed by atoms with Crippen molar-refractivity contribution in [1.29, 1.82) is 0 Å². The summed E-state index contributed by atoms with van der Waals surface area (Å²) >= 11 is 0. The molecule has 0 atom stereocenters. The van der Waals surface area contributed by atoms with Gasteiger partial charge in [0.2, 0.25) is 0 Å². The predicted octanol–water partition coefficient (Wildman–Crippen LogP) is 3.11. The lowest BCUT2D eigenvalue weighted by Gasteiger charge is -2.31. The van der Waals surface area contributed by atoms with Crippen LogP contribution in [-0.2, 0) is 4.79 Å². The second-order valence-corrected chi connectivity index (χ2v) is 5.61. The van der Waals surface area contributed by atoms with Crippen molar-refractivity contribution < 1.29 is 4.79 Å². The maximum Gasteiger partial charge on any atom is 0.252 e. The Morgan fingerprint density at radius 2 is 1.70 bits per heavy atom. The summed E-state index contributed by atoms with van der Waals surface area (Å²) in [6, 6.07) is 0. The van der Waals surface area contributed by atoms with Crippen molar-refractivity contribution >= 4 is 5.91 Å². The van der Waals surface area contributed by atoms with Crippen LogP contribution >= 0.6 is 0 Å². The second-order valence-electron chi connectivity index (χ2n) is 5.61. The molecule has 2 aliphatic rings. The van der Waals surface area contributed by atoms with Crippen LogP contribution in [0.3, 0.4) is 0 Å². The third-order valence-corrected chi connectivity index (χ3v) is 4.17. The van der Waals surface area contributed by atoms with E-state index in [4.69, 9.17) is 0 Å². The number of hydrogen-bond acceptors (Lipinski definition) is 2. The Balaban J connectivity index is 2.15. The van der Waals surface area contributed by atoms with E-state index in [-0.39, 0.29) is 5.91 Å².